The van der Waals surface area contributed by atoms with Gasteiger partial charge in [-0.05, 0) is 36.5 Å². The zero-order valence-corrected chi connectivity index (χ0v) is 18.3. The maximum absolute atomic E-state index is 13.2. The standard InChI is InChI=1S/C21H27N3O6S/c1-16(2)15-23(31(29,30)20-10-8-19(9-11-20)24(27)28)13-12-18(22-21(25)26)14-17-6-4-3-5-7-17/h3-11,16,18,22H,12-15H2,1-2H3,(H,25,26)/t18-/m1/s1. The maximum atomic E-state index is 13.2. The van der Waals surface area contributed by atoms with E-state index in [4.69, 9.17) is 0 Å². The molecule has 2 aromatic rings. The van der Waals surface area contributed by atoms with E-state index < -0.39 is 27.1 Å². The van der Waals surface area contributed by atoms with Crippen LogP contribution in [0.4, 0.5) is 10.5 Å². The van der Waals surface area contributed by atoms with E-state index in [1.165, 1.54) is 16.4 Å². The van der Waals surface area contributed by atoms with Gasteiger partial charge in [0, 0.05) is 31.3 Å². The van der Waals surface area contributed by atoms with E-state index in [1.807, 2.05) is 44.2 Å². The lowest BCUT2D eigenvalue weighted by Crippen LogP contribution is -2.41. The van der Waals surface area contributed by atoms with Gasteiger partial charge in [-0.1, -0.05) is 44.2 Å². The molecule has 1 atom stereocenters. The number of non-ortho nitro benzene ring substituents is 1. The summed E-state index contributed by atoms with van der Waals surface area (Å²) in [5.41, 5.74) is 0.748. The molecule has 0 radical (unpaired) electrons. The molecule has 0 aliphatic carbocycles. The SMILES string of the molecule is CC(C)CN(CC[C@H](Cc1ccccc1)NC(=O)O)S(=O)(=O)c1ccc([N+](=O)[O-])cc1. The first-order valence-electron chi connectivity index (χ1n) is 9.87. The minimum atomic E-state index is -3.90. The molecular weight excluding hydrogens is 422 g/mol. The van der Waals surface area contributed by atoms with Crippen LogP contribution in [-0.4, -0.2) is 48.0 Å². The number of benzene rings is 2. The lowest BCUT2D eigenvalue weighted by molar-refractivity contribution is -0.384. The van der Waals surface area contributed by atoms with Gasteiger partial charge in [-0.2, -0.15) is 4.31 Å². The maximum Gasteiger partial charge on any atom is 0.404 e. The van der Waals surface area contributed by atoms with Crippen molar-refractivity contribution in [1.82, 2.24) is 9.62 Å². The fraction of sp³-hybridized carbons (Fsp3) is 0.381. The fourth-order valence-corrected chi connectivity index (χ4v) is 4.82. The molecule has 0 spiro atoms. The Kier molecular flexibility index (Phi) is 8.52. The van der Waals surface area contributed by atoms with Gasteiger partial charge in [0.15, 0.2) is 0 Å². The van der Waals surface area contributed by atoms with E-state index in [0.717, 1.165) is 17.7 Å². The summed E-state index contributed by atoms with van der Waals surface area (Å²) in [5.74, 6) is 0.0350. The van der Waals surface area contributed by atoms with Gasteiger partial charge in [-0.15, -0.1) is 0 Å². The topological polar surface area (TPSA) is 130 Å². The predicted molar refractivity (Wildman–Crippen MR) is 116 cm³/mol. The highest BCUT2D eigenvalue weighted by Crippen LogP contribution is 2.21. The Balaban J connectivity index is 2.21. The lowest BCUT2D eigenvalue weighted by atomic mass is 10.0. The van der Waals surface area contributed by atoms with Crippen molar-refractivity contribution < 1.29 is 23.2 Å². The fourth-order valence-electron chi connectivity index (χ4n) is 3.20. The van der Waals surface area contributed by atoms with Crippen LogP contribution in [0.1, 0.15) is 25.8 Å². The van der Waals surface area contributed by atoms with Crippen molar-refractivity contribution in [2.24, 2.45) is 5.92 Å². The van der Waals surface area contributed by atoms with Crippen LogP contribution in [0.2, 0.25) is 0 Å². The number of hydrogen-bond acceptors (Lipinski definition) is 5. The molecule has 2 N–H and O–H groups in total. The molecule has 9 nitrogen and oxygen atoms in total. The van der Waals surface area contributed by atoms with Crippen molar-refractivity contribution >= 4 is 21.8 Å². The van der Waals surface area contributed by atoms with Crippen LogP contribution in [0.5, 0.6) is 0 Å². The highest BCUT2D eigenvalue weighted by atomic mass is 32.2. The molecule has 0 aliphatic rings. The summed E-state index contributed by atoms with van der Waals surface area (Å²) in [4.78, 5) is 21.5. The van der Waals surface area contributed by atoms with Crippen molar-refractivity contribution in [2.75, 3.05) is 13.1 Å². The number of nitrogens with zero attached hydrogens (tertiary/aromatic N) is 2. The van der Waals surface area contributed by atoms with E-state index in [-0.39, 0.29) is 36.0 Å². The molecule has 1 amide bonds. The number of rotatable bonds is 11. The van der Waals surface area contributed by atoms with Gasteiger partial charge in [0.1, 0.15) is 0 Å². The molecule has 0 fully saturated rings. The smallest absolute Gasteiger partial charge is 0.404 e. The van der Waals surface area contributed by atoms with Crippen LogP contribution < -0.4 is 5.32 Å². The number of nitrogens with one attached hydrogen (secondary N) is 1. The van der Waals surface area contributed by atoms with Crippen LogP contribution >= 0.6 is 0 Å². The van der Waals surface area contributed by atoms with Gasteiger partial charge in [0.05, 0.1) is 9.82 Å². The number of carbonyl (C=O) groups is 1. The molecule has 0 unspecified atom stereocenters. The molecule has 0 heterocycles. The van der Waals surface area contributed by atoms with Gasteiger partial charge in [-0.25, -0.2) is 13.2 Å². The number of nitro groups is 1. The molecule has 2 aromatic carbocycles. The molecular formula is C21H27N3O6S. The highest BCUT2D eigenvalue weighted by molar-refractivity contribution is 7.89. The molecule has 0 bridgehead atoms. The van der Waals surface area contributed by atoms with Crippen LogP contribution in [0.3, 0.4) is 0 Å². The molecule has 2 rings (SSSR count). The number of carboxylic acid groups (broad SMARTS) is 1. The zero-order valence-electron chi connectivity index (χ0n) is 17.5. The summed E-state index contributed by atoms with van der Waals surface area (Å²) in [6.07, 6.45) is -0.463. The number of nitro benzene ring substituents is 1. The largest absolute Gasteiger partial charge is 0.465 e. The van der Waals surface area contributed by atoms with Crippen LogP contribution in [0.15, 0.2) is 59.5 Å². The third-order valence-electron chi connectivity index (χ3n) is 4.63. The van der Waals surface area contributed by atoms with Crippen molar-refractivity contribution in [3.8, 4) is 0 Å². The van der Waals surface area contributed by atoms with Crippen LogP contribution in [-0.2, 0) is 16.4 Å². The molecule has 10 heteroatoms. The van der Waals surface area contributed by atoms with Crippen molar-refractivity contribution in [1.29, 1.82) is 0 Å². The summed E-state index contributed by atoms with van der Waals surface area (Å²) < 4.78 is 27.6. The molecule has 0 aromatic heterocycles. The number of hydrogen-bond donors (Lipinski definition) is 2. The molecule has 0 saturated carbocycles. The Bertz CT molecular complexity index is 978. The van der Waals surface area contributed by atoms with Crippen molar-refractivity contribution in [2.45, 2.75) is 37.6 Å². The Hall–Kier alpha value is -2.98. The Morgan fingerprint density at radius 1 is 1.13 bits per heavy atom. The van der Waals surface area contributed by atoms with E-state index >= 15 is 0 Å². The lowest BCUT2D eigenvalue weighted by Gasteiger charge is -2.26. The second-order valence-electron chi connectivity index (χ2n) is 7.63. The van der Waals surface area contributed by atoms with Gasteiger partial charge in [-0.3, -0.25) is 10.1 Å². The van der Waals surface area contributed by atoms with E-state index in [0.29, 0.717) is 6.42 Å². The van der Waals surface area contributed by atoms with Crippen molar-refractivity contribution in [3.63, 3.8) is 0 Å². The molecule has 0 aliphatic heterocycles. The average molecular weight is 450 g/mol. The molecule has 168 valence electrons. The predicted octanol–water partition coefficient (Wildman–Crippen LogP) is 3.51. The third-order valence-corrected chi connectivity index (χ3v) is 6.51. The van der Waals surface area contributed by atoms with E-state index in [9.17, 15) is 28.4 Å². The average Bonchev–Trinajstić information content (AvgIpc) is 2.71. The Labute approximate surface area is 181 Å². The summed E-state index contributed by atoms with van der Waals surface area (Å²) >= 11 is 0. The van der Waals surface area contributed by atoms with Gasteiger partial charge < -0.3 is 10.4 Å². The van der Waals surface area contributed by atoms with Crippen LogP contribution in [0.25, 0.3) is 0 Å². The van der Waals surface area contributed by atoms with E-state index in [1.54, 1.807) is 0 Å². The number of amides is 1. The van der Waals surface area contributed by atoms with Gasteiger partial charge in [0.25, 0.3) is 5.69 Å². The second kappa shape index (κ2) is 10.9. The third kappa shape index (κ3) is 7.34. The zero-order chi connectivity index (χ0) is 23.0. The minimum absolute atomic E-state index is 0.0350. The van der Waals surface area contributed by atoms with E-state index in [2.05, 4.69) is 5.32 Å². The Morgan fingerprint density at radius 2 is 1.74 bits per heavy atom. The quantitative estimate of drug-likeness (QED) is 0.399. The summed E-state index contributed by atoms with van der Waals surface area (Å²) in [7, 11) is -3.90. The first kappa shape index (κ1) is 24.3. The second-order valence-corrected chi connectivity index (χ2v) is 9.57. The highest BCUT2D eigenvalue weighted by Gasteiger charge is 2.27. The van der Waals surface area contributed by atoms with Crippen molar-refractivity contribution in [3.05, 3.63) is 70.3 Å². The summed E-state index contributed by atoms with van der Waals surface area (Å²) in [6, 6.07) is 13.6. The van der Waals surface area contributed by atoms with Crippen LogP contribution in [0, 0.1) is 16.0 Å². The normalized spacial score (nSPS) is 12.6. The summed E-state index contributed by atoms with van der Waals surface area (Å²) in [5, 5.41) is 22.5. The Morgan fingerprint density at radius 3 is 2.26 bits per heavy atom. The number of sulfonamides is 1. The minimum Gasteiger partial charge on any atom is -0.465 e. The van der Waals surface area contributed by atoms with Gasteiger partial charge in [0.2, 0.25) is 10.0 Å². The molecule has 0 saturated heterocycles. The summed E-state index contributed by atoms with van der Waals surface area (Å²) in [6.45, 7) is 4.12. The first-order chi connectivity index (χ1) is 14.6. The monoisotopic (exact) mass is 449 g/mol. The van der Waals surface area contributed by atoms with Gasteiger partial charge >= 0.3 is 6.09 Å². The first-order valence-corrected chi connectivity index (χ1v) is 11.3. The molecule has 31 heavy (non-hydrogen) atoms.